The third kappa shape index (κ3) is 4.51. The van der Waals surface area contributed by atoms with Gasteiger partial charge in [-0.3, -0.25) is 0 Å². The molecule has 0 spiro atoms. The fourth-order valence-electron chi connectivity index (χ4n) is 3.60. The van der Waals surface area contributed by atoms with Crippen molar-refractivity contribution in [2.24, 2.45) is 0 Å². The summed E-state index contributed by atoms with van der Waals surface area (Å²) in [7, 11) is 1.68. The van der Waals surface area contributed by atoms with Crippen molar-refractivity contribution in [3.8, 4) is 11.4 Å². The molecule has 3 aromatic rings. The molecular formula is C23H24N4O2S2. The van der Waals surface area contributed by atoms with E-state index in [0.29, 0.717) is 30.0 Å². The number of benzene rings is 2. The monoisotopic (exact) mass is 452 g/mol. The van der Waals surface area contributed by atoms with E-state index >= 15 is 0 Å². The summed E-state index contributed by atoms with van der Waals surface area (Å²) in [4.78, 5) is 7.95. The van der Waals surface area contributed by atoms with Gasteiger partial charge in [0.15, 0.2) is 5.11 Å². The molecular weight excluding hydrogens is 428 g/mol. The van der Waals surface area contributed by atoms with Crippen molar-refractivity contribution >= 4 is 34.7 Å². The lowest BCUT2D eigenvalue weighted by Gasteiger charge is -2.37. The van der Waals surface area contributed by atoms with Crippen molar-refractivity contribution in [1.29, 1.82) is 0 Å². The molecule has 0 radical (unpaired) electrons. The molecule has 160 valence electrons. The number of ether oxygens (including phenoxy) is 1. The van der Waals surface area contributed by atoms with Crippen LogP contribution >= 0.6 is 24.0 Å². The first-order valence-corrected chi connectivity index (χ1v) is 11.6. The summed E-state index contributed by atoms with van der Waals surface area (Å²) in [6.07, 6.45) is 2.05. The summed E-state index contributed by atoms with van der Waals surface area (Å²) in [6.45, 7) is 3.22. The third-order valence-corrected chi connectivity index (χ3v) is 6.33. The Hall–Kier alpha value is -2.68. The zero-order valence-electron chi connectivity index (χ0n) is 17.7. The molecule has 1 aliphatic heterocycles. The molecule has 0 aliphatic carbocycles. The average molecular weight is 453 g/mol. The van der Waals surface area contributed by atoms with Gasteiger partial charge in [-0.15, -0.1) is 11.8 Å². The lowest BCUT2D eigenvalue weighted by atomic mass is 9.95. The van der Waals surface area contributed by atoms with Crippen LogP contribution in [0.2, 0.25) is 0 Å². The quantitative estimate of drug-likeness (QED) is 0.406. The third-order valence-electron chi connectivity index (χ3n) is 5.25. The Kier molecular flexibility index (Phi) is 6.70. The molecule has 0 saturated carbocycles. The Labute approximate surface area is 191 Å². The Bertz CT molecular complexity index is 1080. The zero-order valence-corrected chi connectivity index (χ0v) is 19.3. The lowest BCUT2D eigenvalue weighted by molar-refractivity contribution is 0.183. The number of hydrogen-bond acceptors (Lipinski definition) is 6. The van der Waals surface area contributed by atoms with E-state index in [-0.39, 0.29) is 6.04 Å². The molecule has 2 heterocycles. The van der Waals surface area contributed by atoms with Crippen LogP contribution in [0, 0.1) is 0 Å². The summed E-state index contributed by atoms with van der Waals surface area (Å²) in [5.41, 5.74) is 3.88. The smallest absolute Gasteiger partial charge is 0.258 e. The largest absolute Gasteiger partial charge is 0.383 e. The second kappa shape index (κ2) is 9.64. The van der Waals surface area contributed by atoms with Gasteiger partial charge in [0.25, 0.3) is 5.89 Å². The van der Waals surface area contributed by atoms with E-state index in [9.17, 15) is 0 Å². The standard InChI is InChI=1S/C23H24N4O2S2/c1-15-19(22-25-21(26-29-22)17-9-11-18(31-3)12-10-17)20(16-7-5-4-6-8-16)24-23(30)27(15)13-14-28-2/h4-12,20H,13-14H2,1-3H3,(H,24,30). The maximum atomic E-state index is 5.76. The summed E-state index contributed by atoms with van der Waals surface area (Å²) < 4.78 is 11.0. The highest BCUT2D eigenvalue weighted by molar-refractivity contribution is 7.98. The van der Waals surface area contributed by atoms with Crippen molar-refractivity contribution in [1.82, 2.24) is 20.4 Å². The number of allylic oxidation sites excluding steroid dienone is 1. The molecule has 0 amide bonds. The Morgan fingerprint density at radius 3 is 2.58 bits per heavy atom. The van der Waals surface area contributed by atoms with Gasteiger partial charge >= 0.3 is 0 Å². The molecule has 1 aliphatic rings. The summed E-state index contributed by atoms with van der Waals surface area (Å²) in [5.74, 6) is 1.04. The fraction of sp³-hybridized carbons (Fsp3) is 0.261. The van der Waals surface area contributed by atoms with E-state index in [4.69, 9.17) is 26.5 Å². The number of rotatable bonds is 7. The van der Waals surface area contributed by atoms with E-state index in [1.54, 1.807) is 18.9 Å². The van der Waals surface area contributed by atoms with Crippen LogP contribution in [0.25, 0.3) is 17.0 Å². The number of nitrogens with zero attached hydrogens (tertiary/aromatic N) is 3. The molecule has 1 atom stereocenters. The second-order valence-corrected chi connectivity index (χ2v) is 8.35. The molecule has 0 fully saturated rings. The second-order valence-electron chi connectivity index (χ2n) is 7.09. The number of hydrogen-bond donors (Lipinski definition) is 1. The van der Waals surface area contributed by atoms with Gasteiger partial charge < -0.3 is 19.5 Å². The van der Waals surface area contributed by atoms with Gasteiger partial charge in [0, 0.05) is 29.8 Å². The average Bonchev–Trinajstić information content (AvgIpc) is 3.29. The molecule has 31 heavy (non-hydrogen) atoms. The van der Waals surface area contributed by atoms with Gasteiger partial charge in [0.2, 0.25) is 5.82 Å². The minimum Gasteiger partial charge on any atom is -0.383 e. The Morgan fingerprint density at radius 1 is 1.16 bits per heavy atom. The van der Waals surface area contributed by atoms with Crippen LogP contribution in [0.15, 0.2) is 69.7 Å². The van der Waals surface area contributed by atoms with E-state index in [1.165, 1.54) is 4.90 Å². The van der Waals surface area contributed by atoms with Gasteiger partial charge in [-0.05, 0) is 55.2 Å². The van der Waals surface area contributed by atoms with E-state index in [1.807, 2.05) is 42.2 Å². The van der Waals surface area contributed by atoms with Crippen LogP contribution in [0.3, 0.4) is 0 Å². The molecule has 8 heteroatoms. The first kappa shape index (κ1) is 21.5. The van der Waals surface area contributed by atoms with Gasteiger partial charge in [-0.25, -0.2) is 0 Å². The molecule has 2 aromatic carbocycles. The zero-order chi connectivity index (χ0) is 21.8. The SMILES string of the molecule is COCCN1C(=S)NC(c2ccccc2)C(c2nc(-c3ccc(SC)cc3)no2)=C1C. The van der Waals surface area contributed by atoms with Crippen LogP contribution in [0.4, 0.5) is 0 Å². The van der Waals surface area contributed by atoms with Crippen molar-refractivity contribution in [2.45, 2.75) is 17.9 Å². The number of methoxy groups -OCH3 is 1. The van der Waals surface area contributed by atoms with Crippen molar-refractivity contribution < 1.29 is 9.26 Å². The first-order chi connectivity index (χ1) is 15.1. The maximum absolute atomic E-state index is 5.76. The summed E-state index contributed by atoms with van der Waals surface area (Å²) in [6, 6.07) is 18.1. The highest BCUT2D eigenvalue weighted by Gasteiger charge is 2.33. The Balaban J connectivity index is 1.76. The van der Waals surface area contributed by atoms with Crippen LogP contribution in [0.5, 0.6) is 0 Å². The summed E-state index contributed by atoms with van der Waals surface area (Å²) in [5, 5.41) is 8.36. The normalized spacial score (nSPS) is 16.5. The molecule has 0 bridgehead atoms. The lowest BCUT2D eigenvalue weighted by Crippen LogP contribution is -2.47. The molecule has 0 saturated heterocycles. The predicted molar refractivity (Wildman–Crippen MR) is 128 cm³/mol. The van der Waals surface area contributed by atoms with Gasteiger partial charge in [0.1, 0.15) is 0 Å². The van der Waals surface area contributed by atoms with E-state index < -0.39 is 0 Å². The Morgan fingerprint density at radius 2 is 1.90 bits per heavy atom. The summed E-state index contributed by atoms with van der Waals surface area (Å²) >= 11 is 7.36. The molecule has 1 N–H and O–H groups in total. The molecule has 1 unspecified atom stereocenters. The number of aromatic nitrogens is 2. The predicted octanol–water partition coefficient (Wildman–Crippen LogP) is 4.77. The van der Waals surface area contributed by atoms with Crippen LogP contribution < -0.4 is 5.32 Å². The molecule has 1 aromatic heterocycles. The van der Waals surface area contributed by atoms with Crippen molar-refractivity contribution in [3.05, 3.63) is 71.7 Å². The van der Waals surface area contributed by atoms with E-state index in [0.717, 1.165) is 22.4 Å². The van der Waals surface area contributed by atoms with Gasteiger partial charge in [-0.2, -0.15) is 4.98 Å². The van der Waals surface area contributed by atoms with Crippen LogP contribution in [-0.2, 0) is 4.74 Å². The highest BCUT2D eigenvalue weighted by Crippen LogP contribution is 2.37. The van der Waals surface area contributed by atoms with Crippen LogP contribution in [-0.4, -0.2) is 46.7 Å². The minimum atomic E-state index is -0.181. The minimum absolute atomic E-state index is 0.181. The number of nitrogens with one attached hydrogen (secondary N) is 1. The number of thioether (sulfide) groups is 1. The van der Waals surface area contributed by atoms with E-state index in [2.05, 4.69) is 41.0 Å². The molecule has 4 rings (SSSR count). The molecule has 6 nitrogen and oxygen atoms in total. The van der Waals surface area contributed by atoms with Gasteiger partial charge in [0.05, 0.1) is 18.2 Å². The van der Waals surface area contributed by atoms with Crippen LogP contribution in [0.1, 0.15) is 24.4 Å². The maximum Gasteiger partial charge on any atom is 0.258 e. The number of thiocarbonyl (C=S) groups is 1. The van der Waals surface area contributed by atoms with Crippen molar-refractivity contribution in [2.75, 3.05) is 26.5 Å². The first-order valence-electron chi connectivity index (χ1n) is 9.93. The topological polar surface area (TPSA) is 63.4 Å². The highest BCUT2D eigenvalue weighted by atomic mass is 32.2. The van der Waals surface area contributed by atoms with Crippen molar-refractivity contribution in [3.63, 3.8) is 0 Å². The fourth-order valence-corrected chi connectivity index (χ4v) is 4.35. The van der Waals surface area contributed by atoms with Gasteiger partial charge in [-0.1, -0.05) is 35.5 Å².